The number of benzene rings is 3. The maximum Gasteiger partial charge on any atom is -0.00676 e. The highest BCUT2D eigenvalue weighted by Gasteiger charge is 2.24. The Morgan fingerprint density at radius 3 is 2.38 bits per heavy atom. The van der Waals surface area contributed by atoms with Crippen LogP contribution in [0, 0.1) is 0 Å². The lowest BCUT2D eigenvalue weighted by Gasteiger charge is -2.18. The lowest BCUT2D eigenvalue weighted by Crippen LogP contribution is -1.97. The lowest BCUT2D eigenvalue weighted by atomic mass is 9.86. The van der Waals surface area contributed by atoms with Crippen molar-refractivity contribution >= 4 is 6.08 Å². The van der Waals surface area contributed by atoms with Crippen molar-refractivity contribution in [3.8, 4) is 22.3 Å². The molecule has 0 atom stereocenters. The molecule has 116 valence electrons. The minimum atomic E-state index is 1.09. The van der Waals surface area contributed by atoms with Crippen LogP contribution in [0.4, 0.5) is 0 Å². The summed E-state index contributed by atoms with van der Waals surface area (Å²) in [6.45, 7) is 0. The van der Waals surface area contributed by atoms with Gasteiger partial charge in [0, 0.05) is 0 Å². The minimum Gasteiger partial charge on any atom is -0.0795 e. The van der Waals surface area contributed by atoms with E-state index < -0.39 is 0 Å². The molecule has 0 amide bonds. The molecule has 0 saturated carbocycles. The summed E-state index contributed by atoms with van der Waals surface area (Å²) < 4.78 is 0. The molecular weight excluding hydrogens is 288 g/mol. The van der Waals surface area contributed by atoms with Gasteiger partial charge in [-0.25, -0.2) is 0 Å². The zero-order chi connectivity index (χ0) is 15.9. The molecule has 5 rings (SSSR count). The molecule has 0 unspecified atom stereocenters. The van der Waals surface area contributed by atoms with Gasteiger partial charge < -0.3 is 0 Å². The van der Waals surface area contributed by atoms with Crippen LogP contribution >= 0.6 is 0 Å². The summed E-state index contributed by atoms with van der Waals surface area (Å²) in [6.07, 6.45) is 9.49. The van der Waals surface area contributed by atoms with Crippen LogP contribution in [0.15, 0.2) is 66.7 Å². The Bertz CT molecular complexity index is 945. The van der Waals surface area contributed by atoms with Gasteiger partial charge in [0.2, 0.25) is 0 Å². The Morgan fingerprint density at radius 1 is 0.708 bits per heavy atom. The number of fused-ring (bicyclic) bond motifs is 2. The van der Waals surface area contributed by atoms with Gasteiger partial charge in [0.05, 0.1) is 0 Å². The Balaban J connectivity index is 1.82. The van der Waals surface area contributed by atoms with Crippen LogP contribution in [0.1, 0.15) is 28.7 Å². The molecule has 0 N–H and O–H groups in total. The van der Waals surface area contributed by atoms with E-state index in [4.69, 9.17) is 0 Å². The fourth-order valence-corrected chi connectivity index (χ4v) is 4.36. The average molecular weight is 308 g/mol. The largest absolute Gasteiger partial charge is 0.0795 e. The Morgan fingerprint density at radius 2 is 1.50 bits per heavy atom. The van der Waals surface area contributed by atoms with Gasteiger partial charge in [-0.05, 0) is 70.2 Å². The number of rotatable bonds is 2. The van der Waals surface area contributed by atoms with Gasteiger partial charge in [-0.3, -0.25) is 0 Å². The normalized spacial score (nSPS) is 14.7. The van der Waals surface area contributed by atoms with E-state index in [1.165, 1.54) is 52.6 Å². The van der Waals surface area contributed by atoms with Crippen LogP contribution in [0.3, 0.4) is 0 Å². The van der Waals surface area contributed by atoms with Crippen molar-refractivity contribution in [1.82, 2.24) is 0 Å². The maximum absolute atomic E-state index is 2.46. The summed E-state index contributed by atoms with van der Waals surface area (Å²) in [4.78, 5) is 0. The smallest absolute Gasteiger partial charge is 0.00676 e. The zero-order valence-electron chi connectivity index (χ0n) is 13.8. The molecule has 0 heterocycles. The molecule has 0 bridgehead atoms. The van der Waals surface area contributed by atoms with Crippen molar-refractivity contribution < 1.29 is 0 Å². The third-order valence-corrected chi connectivity index (χ3v) is 5.43. The topological polar surface area (TPSA) is 0 Å². The number of hydrogen-bond donors (Lipinski definition) is 0. The second-order valence-electron chi connectivity index (χ2n) is 6.83. The Kier molecular flexibility index (Phi) is 3.16. The molecule has 0 aromatic heterocycles. The highest BCUT2D eigenvalue weighted by molar-refractivity contribution is 5.91. The van der Waals surface area contributed by atoms with Crippen LogP contribution in [-0.2, 0) is 19.3 Å². The van der Waals surface area contributed by atoms with Crippen LogP contribution in [0.5, 0.6) is 0 Å². The molecule has 24 heavy (non-hydrogen) atoms. The second-order valence-corrected chi connectivity index (χ2v) is 6.83. The van der Waals surface area contributed by atoms with E-state index in [0.29, 0.717) is 0 Å². The Hall–Kier alpha value is -2.60. The fraction of sp³-hybridized carbons (Fsp3) is 0.167. The summed E-state index contributed by atoms with van der Waals surface area (Å²) in [7, 11) is 0. The van der Waals surface area contributed by atoms with Crippen molar-refractivity contribution in [2.24, 2.45) is 0 Å². The van der Waals surface area contributed by atoms with E-state index in [9.17, 15) is 0 Å². The van der Waals surface area contributed by atoms with E-state index in [2.05, 4.69) is 72.8 Å². The highest BCUT2D eigenvalue weighted by Crippen LogP contribution is 2.43. The van der Waals surface area contributed by atoms with Gasteiger partial charge in [0.25, 0.3) is 0 Å². The summed E-state index contributed by atoms with van der Waals surface area (Å²) in [5.74, 6) is 0. The van der Waals surface area contributed by atoms with Crippen LogP contribution < -0.4 is 0 Å². The number of allylic oxidation sites excluding steroid dienone is 1. The van der Waals surface area contributed by atoms with Gasteiger partial charge in [0.1, 0.15) is 0 Å². The van der Waals surface area contributed by atoms with Crippen molar-refractivity contribution in [2.75, 3.05) is 0 Å². The van der Waals surface area contributed by atoms with E-state index in [-0.39, 0.29) is 0 Å². The van der Waals surface area contributed by atoms with E-state index in [1.807, 2.05) is 0 Å². The first-order valence-corrected chi connectivity index (χ1v) is 8.91. The molecule has 2 aliphatic carbocycles. The molecule has 3 aromatic rings. The molecule has 0 saturated heterocycles. The summed E-state index contributed by atoms with van der Waals surface area (Å²) >= 11 is 0. The molecule has 0 heteroatoms. The number of hydrogen-bond acceptors (Lipinski definition) is 0. The monoisotopic (exact) mass is 308 g/mol. The summed E-state index contributed by atoms with van der Waals surface area (Å²) in [6, 6.07) is 22.2. The first-order valence-electron chi connectivity index (χ1n) is 8.91. The quantitative estimate of drug-likeness (QED) is 0.538. The van der Waals surface area contributed by atoms with E-state index >= 15 is 0 Å². The molecule has 0 nitrogen and oxygen atoms in total. The Labute approximate surface area is 143 Å². The molecule has 0 radical (unpaired) electrons. The zero-order valence-corrected chi connectivity index (χ0v) is 13.8. The molecule has 2 aliphatic rings. The third-order valence-electron chi connectivity index (χ3n) is 5.43. The van der Waals surface area contributed by atoms with Gasteiger partial charge in [-0.2, -0.15) is 0 Å². The summed E-state index contributed by atoms with van der Waals surface area (Å²) in [5.41, 5.74) is 11.7. The average Bonchev–Trinajstić information content (AvgIpc) is 3.29. The third kappa shape index (κ3) is 2.06. The van der Waals surface area contributed by atoms with Crippen LogP contribution in [-0.4, -0.2) is 0 Å². The van der Waals surface area contributed by atoms with E-state index in [1.54, 1.807) is 11.1 Å². The van der Waals surface area contributed by atoms with Crippen LogP contribution in [0.2, 0.25) is 0 Å². The predicted molar refractivity (Wildman–Crippen MR) is 102 cm³/mol. The van der Waals surface area contributed by atoms with Gasteiger partial charge in [-0.1, -0.05) is 72.8 Å². The van der Waals surface area contributed by atoms with Crippen molar-refractivity contribution in [3.05, 3.63) is 89.0 Å². The first kappa shape index (κ1) is 13.8. The number of aryl methyl sites for hydroxylation is 1. The lowest BCUT2D eigenvalue weighted by molar-refractivity contribution is 0.912. The molecule has 0 aliphatic heterocycles. The van der Waals surface area contributed by atoms with Crippen molar-refractivity contribution in [3.63, 3.8) is 0 Å². The fourth-order valence-electron chi connectivity index (χ4n) is 4.36. The predicted octanol–water partition coefficient (Wildman–Crippen LogP) is 6.08. The summed E-state index contributed by atoms with van der Waals surface area (Å²) in [5, 5.41) is 0. The molecule has 0 fully saturated rings. The molecular formula is C24H20. The van der Waals surface area contributed by atoms with Crippen LogP contribution in [0.25, 0.3) is 28.3 Å². The van der Waals surface area contributed by atoms with Gasteiger partial charge >= 0.3 is 0 Å². The van der Waals surface area contributed by atoms with Crippen molar-refractivity contribution in [2.45, 2.75) is 25.7 Å². The highest BCUT2D eigenvalue weighted by atomic mass is 14.3. The van der Waals surface area contributed by atoms with E-state index in [0.717, 1.165) is 6.42 Å². The molecule has 0 spiro atoms. The van der Waals surface area contributed by atoms with Crippen molar-refractivity contribution in [1.29, 1.82) is 0 Å². The SMILES string of the molecule is C1=Cc2c(cc3c(c2-c2ccccc2-c2ccccc2)CCC3)C1. The minimum absolute atomic E-state index is 1.09. The van der Waals surface area contributed by atoms with Gasteiger partial charge in [-0.15, -0.1) is 0 Å². The first-order chi connectivity index (χ1) is 11.9. The second kappa shape index (κ2) is 5.49. The standard InChI is InChI=1S/C24H20/c1-2-8-17(9-3-1)20-12-4-5-13-23(20)24-21-14-6-10-18(21)16-19-11-7-15-22(19)24/h1-6,8-9,12-14,16H,7,10-11,15H2. The maximum atomic E-state index is 2.46. The molecule has 3 aromatic carbocycles. The van der Waals surface area contributed by atoms with Gasteiger partial charge in [0.15, 0.2) is 0 Å².